The van der Waals surface area contributed by atoms with Gasteiger partial charge in [0.2, 0.25) is 20.0 Å². The molecule has 6 nitrogen and oxygen atoms in total. The van der Waals surface area contributed by atoms with Crippen molar-refractivity contribution in [3.8, 4) is 0 Å². The number of hydrogen-bond acceptors (Lipinski definition) is 4. The molecule has 1 N–H and O–H groups in total. The van der Waals surface area contributed by atoms with Crippen LogP contribution in [-0.2, 0) is 26.5 Å². The minimum Gasteiger partial charge on any atom is -0.213 e. The lowest BCUT2D eigenvalue weighted by Gasteiger charge is -2.21. The third kappa shape index (κ3) is 6.88. The lowest BCUT2D eigenvalue weighted by molar-refractivity contribution is 0.385. The number of rotatable bonds is 10. The van der Waals surface area contributed by atoms with Gasteiger partial charge in [0.25, 0.3) is 0 Å². The van der Waals surface area contributed by atoms with Crippen LogP contribution in [0.5, 0.6) is 0 Å². The molecule has 0 fully saturated rings. The molecular formula is C16H28N2O4S2. The molecule has 0 aliphatic carbocycles. The highest BCUT2D eigenvalue weighted by atomic mass is 32.2. The van der Waals surface area contributed by atoms with Crippen LogP contribution in [0.2, 0.25) is 0 Å². The zero-order valence-electron chi connectivity index (χ0n) is 14.8. The number of nitrogens with zero attached hydrogens (tertiary/aromatic N) is 1. The lowest BCUT2D eigenvalue weighted by atomic mass is 10.1. The summed E-state index contributed by atoms with van der Waals surface area (Å²) in [5, 5.41) is 0. The summed E-state index contributed by atoms with van der Waals surface area (Å²) in [5.74, 6) is 0.378. The number of hydrogen-bond donors (Lipinski definition) is 1. The summed E-state index contributed by atoms with van der Waals surface area (Å²) in [6, 6.07) is 6.68. The molecule has 8 heteroatoms. The summed E-state index contributed by atoms with van der Waals surface area (Å²) >= 11 is 0. The Kier molecular flexibility index (Phi) is 7.85. The van der Waals surface area contributed by atoms with E-state index in [-0.39, 0.29) is 18.0 Å². The van der Waals surface area contributed by atoms with Crippen LogP contribution in [0.4, 0.5) is 0 Å². The minimum atomic E-state index is -3.63. The van der Waals surface area contributed by atoms with E-state index < -0.39 is 20.0 Å². The first-order chi connectivity index (χ1) is 11.1. The Morgan fingerprint density at radius 2 is 1.62 bits per heavy atom. The maximum atomic E-state index is 12.2. The van der Waals surface area contributed by atoms with Gasteiger partial charge in [-0.25, -0.2) is 25.9 Å². The molecule has 0 aromatic heterocycles. The molecule has 0 spiro atoms. The highest BCUT2D eigenvalue weighted by Crippen LogP contribution is 2.11. The van der Waals surface area contributed by atoms with Gasteiger partial charge in [-0.2, -0.15) is 0 Å². The third-order valence-corrected chi connectivity index (χ3v) is 6.50. The van der Waals surface area contributed by atoms with E-state index in [0.29, 0.717) is 12.5 Å². The van der Waals surface area contributed by atoms with Crippen molar-refractivity contribution in [2.45, 2.75) is 38.5 Å². The van der Waals surface area contributed by atoms with Crippen LogP contribution in [0, 0.1) is 5.92 Å². The van der Waals surface area contributed by atoms with Crippen molar-refractivity contribution in [3.05, 3.63) is 29.8 Å². The van der Waals surface area contributed by atoms with Crippen molar-refractivity contribution in [1.29, 1.82) is 0 Å². The molecule has 24 heavy (non-hydrogen) atoms. The molecule has 1 rings (SSSR count). The van der Waals surface area contributed by atoms with Crippen molar-refractivity contribution < 1.29 is 16.8 Å². The van der Waals surface area contributed by atoms with Crippen molar-refractivity contribution in [3.63, 3.8) is 0 Å². The maximum Gasteiger partial charge on any atom is 0.240 e. The van der Waals surface area contributed by atoms with Crippen molar-refractivity contribution in [2.75, 3.05) is 25.9 Å². The smallest absolute Gasteiger partial charge is 0.213 e. The van der Waals surface area contributed by atoms with Crippen LogP contribution in [0.15, 0.2) is 29.2 Å². The Labute approximate surface area is 146 Å². The molecule has 138 valence electrons. The largest absolute Gasteiger partial charge is 0.240 e. The minimum absolute atomic E-state index is 0.0447. The van der Waals surface area contributed by atoms with Crippen LogP contribution in [0.3, 0.4) is 0 Å². The predicted octanol–water partition coefficient (Wildman–Crippen LogP) is 1.83. The SMILES string of the molecule is CCc1ccc(S(=O)(=O)NCCN(CCC(C)C)S(C)(=O)=O)cc1. The lowest BCUT2D eigenvalue weighted by Crippen LogP contribution is -2.38. The van der Waals surface area contributed by atoms with E-state index >= 15 is 0 Å². The van der Waals surface area contributed by atoms with E-state index in [4.69, 9.17) is 0 Å². The van der Waals surface area contributed by atoms with E-state index in [2.05, 4.69) is 4.72 Å². The zero-order valence-corrected chi connectivity index (χ0v) is 16.5. The van der Waals surface area contributed by atoms with E-state index in [1.54, 1.807) is 24.3 Å². The normalized spacial score (nSPS) is 12.9. The van der Waals surface area contributed by atoms with Crippen molar-refractivity contribution in [1.82, 2.24) is 9.03 Å². The second-order valence-corrected chi connectivity index (χ2v) is 9.99. The van der Waals surface area contributed by atoms with Crippen molar-refractivity contribution in [2.24, 2.45) is 5.92 Å². The first kappa shape index (κ1) is 21.1. The fourth-order valence-electron chi connectivity index (χ4n) is 2.14. The summed E-state index contributed by atoms with van der Waals surface area (Å²) in [4.78, 5) is 0.188. The summed E-state index contributed by atoms with van der Waals surface area (Å²) in [5.41, 5.74) is 1.06. The number of sulfonamides is 2. The molecule has 0 aliphatic rings. The van der Waals surface area contributed by atoms with E-state index in [0.717, 1.165) is 24.7 Å². The summed E-state index contributed by atoms with van der Waals surface area (Å²) in [6.07, 6.45) is 2.72. The molecule has 0 amide bonds. The average molecular weight is 377 g/mol. The fraction of sp³-hybridized carbons (Fsp3) is 0.625. The second-order valence-electron chi connectivity index (χ2n) is 6.24. The molecule has 0 saturated carbocycles. The van der Waals surface area contributed by atoms with Gasteiger partial charge >= 0.3 is 0 Å². The standard InChI is InChI=1S/C16H28N2O4S2/c1-5-15-6-8-16(9-7-15)24(21,22)17-11-13-18(23(4,19)20)12-10-14(2)3/h6-9,14,17H,5,10-13H2,1-4H3. The number of aryl methyl sites for hydroxylation is 1. The van der Waals surface area contributed by atoms with Crippen LogP contribution in [0.1, 0.15) is 32.8 Å². The Hall–Kier alpha value is -0.960. The van der Waals surface area contributed by atoms with E-state index in [1.807, 2.05) is 20.8 Å². The van der Waals surface area contributed by atoms with Crippen LogP contribution in [-0.4, -0.2) is 47.0 Å². The zero-order chi connectivity index (χ0) is 18.4. The Morgan fingerprint density at radius 1 is 1.04 bits per heavy atom. The maximum absolute atomic E-state index is 12.2. The van der Waals surface area contributed by atoms with E-state index in [9.17, 15) is 16.8 Å². The Balaban J connectivity index is 2.67. The highest BCUT2D eigenvalue weighted by molar-refractivity contribution is 7.89. The van der Waals surface area contributed by atoms with Gasteiger partial charge in [0, 0.05) is 19.6 Å². The van der Waals surface area contributed by atoms with Crippen LogP contribution in [0.25, 0.3) is 0 Å². The van der Waals surface area contributed by atoms with Crippen molar-refractivity contribution >= 4 is 20.0 Å². The van der Waals surface area contributed by atoms with Gasteiger partial charge in [0.1, 0.15) is 0 Å². The van der Waals surface area contributed by atoms with Gasteiger partial charge in [0.15, 0.2) is 0 Å². The van der Waals surface area contributed by atoms with Gasteiger partial charge in [-0.1, -0.05) is 32.9 Å². The fourth-order valence-corrected chi connectivity index (χ4v) is 4.02. The molecular weight excluding hydrogens is 348 g/mol. The number of nitrogens with one attached hydrogen (secondary N) is 1. The van der Waals surface area contributed by atoms with Crippen LogP contribution >= 0.6 is 0 Å². The van der Waals surface area contributed by atoms with Crippen LogP contribution < -0.4 is 4.72 Å². The average Bonchev–Trinajstić information content (AvgIpc) is 2.49. The van der Waals surface area contributed by atoms with Gasteiger partial charge in [-0.15, -0.1) is 0 Å². The summed E-state index contributed by atoms with van der Waals surface area (Å²) < 4.78 is 51.9. The molecule has 0 heterocycles. The molecule has 0 radical (unpaired) electrons. The Morgan fingerprint density at radius 3 is 2.08 bits per heavy atom. The molecule has 0 saturated heterocycles. The molecule has 0 aliphatic heterocycles. The molecule has 1 aromatic carbocycles. The first-order valence-corrected chi connectivity index (χ1v) is 11.4. The molecule has 0 bridgehead atoms. The van der Waals surface area contributed by atoms with Gasteiger partial charge in [-0.05, 0) is 36.5 Å². The topological polar surface area (TPSA) is 83.6 Å². The van der Waals surface area contributed by atoms with Gasteiger partial charge in [0.05, 0.1) is 11.2 Å². The summed E-state index contributed by atoms with van der Waals surface area (Å²) in [7, 11) is -6.98. The first-order valence-electron chi connectivity index (χ1n) is 8.10. The molecule has 0 unspecified atom stereocenters. The predicted molar refractivity (Wildman–Crippen MR) is 96.9 cm³/mol. The number of benzene rings is 1. The monoisotopic (exact) mass is 376 g/mol. The molecule has 1 aromatic rings. The van der Waals surface area contributed by atoms with Gasteiger partial charge in [-0.3, -0.25) is 0 Å². The summed E-state index contributed by atoms with van der Waals surface area (Å²) in [6.45, 7) is 6.59. The quantitative estimate of drug-likeness (QED) is 0.675. The highest BCUT2D eigenvalue weighted by Gasteiger charge is 2.19. The van der Waals surface area contributed by atoms with Gasteiger partial charge < -0.3 is 0 Å². The second kappa shape index (κ2) is 8.94. The Bertz CT molecular complexity index is 711. The molecule has 0 atom stereocenters. The van der Waals surface area contributed by atoms with E-state index in [1.165, 1.54) is 4.31 Å². The third-order valence-electron chi connectivity index (χ3n) is 3.72.